The van der Waals surface area contributed by atoms with Crippen molar-refractivity contribution in [3.8, 4) is 0 Å². The van der Waals surface area contributed by atoms with E-state index in [1.54, 1.807) is 7.11 Å². The SMILES string of the molecule is COCCNC(=O)Cc1cc(C(C)(C)C)ccc1C. The van der Waals surface area contributed by atoms with Crippen LogP contribution in [0.4, 0.5) is 0 Å². The zero-order valence-corrected chi connectivity index (χ0v) is 12.7. The Kier molecular flexibility index (Phi) is 5.55. The van der Waals surface area contributed by atoms with E-state index < -0.39 is 0 Å². The number of methoxy groups -OCH3 is 1. The molecule has 0 atom stereocenters. The summed E-state index contributed by atoms with van der Waals surface area (Å²) in [6.45, 7) is 9.70. The highest BCUT2D eigenvalue weighted by Crippen LogP contribution is 2.24. The van der Waals surface area contributed by atoms with Gasteiger partial charge in [-0.25, -0.2) is 0 Å². The van der Waals surface area contributed by atoms with E-state index in [0.717, 1.165) is 11.1 Å². The molecule has 0 aliphatic heterocycles. The van der Waals surface area contributed by atoms with E-state index in [4.69, 9.17) is 4.74 Å². The number of aryl methyl sites for hydroxylation is 1. The third-order valence-electron chi connectivity index (χ3n) is 3.19. The second-order valence-corrected chi connectivity index (χ2v) is 5.91. The minimum absolute atomic E-state index is 0.0474. The quantitative estimate of drug-likeness (QED) is 0.829. The number of ether oxygens (including phenoxy) is 1. The lowest BCUT2D eigenvalue weighted by molar-refractivity contribution is -0.120. The number of carbonyl (C=O) groups is 1. The van der Waals surface area contributed by atoms with E-state index in [0.29, 0.717) is 19.6 Å². The lowest BCUT2D eigenvalue weighted by Crippen LogP contribution is -2.28. The van der Waals surface area contributed by atoms with E-state index in [1.165, 1.54) is 5.56 Å². The van der Waals surface area contributed by atoms with Crippen molar-refractivity contribution < 1.29 is 9.53 Å². The van der Waals surface area contributed by atoms with Gasteiger partial charge in [-0.15, -0.1) is 0 Å². The van der Waals surface area contributed by atoms with Gasteiger partial charge in [0.2, 0.25) is 5.91 Å². The normalized spacial score (nSPS) is 11.4. The Morgan fingerprint density at radius 3 is 2.58 bits per heavy atom. The molecule has 0 aliphatic carbocycles. The summed E-state index contributed by atoms with van der Waals surface area (Å²) in [5, 5.41) is 2.85. The zero-order chi connectivity index (χ0) is 14.5. The van der Waals surface area contributed by atoms with Crippen LogP contribution in [-0.4, -0.2) is 26.2 Å². The minimum atomic E-state index is 0.0474. The van der Waals surface area contributed by atoms with Gasteiger partial charge < -0.3 is 10.1 Å². The van der Waals surface area contributed by atoms with Gasteiger partial charge in [0, 0.05) is 13.7 Å². The Balaban J connectivity index is 2.74. The second-order valence-electron chi connectivity index (χ2n) is 5.91. The fraction of sp³-hybridized carbons (Fsp3) is 0.562. The summed E-state index contributed by atoms with van der Waals surface area (Å²) in [7, 11) is 1.63. The molecule has 0 fully saturated rings. The van der Waals surface area contributed by atoms with E-state index in [1.807, 2.05) is 6.92 Å². The van der Waals surface area contributed by atoms with Crippen LogP contribution in [0.1, 0.15) is 37.5 Å². The molecule has 3 nitrogen and oxygen atoms in total. The Bertz CT molecular complexity index is 433. The first-order valence-corrected chi connectivity index (χ1v) is 6.70. The summed E-state index contributed by atoms with van der Waals surface area (Å²) >= 11 is 0. The number of hydrogen-bond acceptors (Lipinski definition) is 2. The molecule has 106 valence electrons. The summed E-state index contributed by atoms with van der Waals surface area (Å²) in [6, 6.07) is 6.38. The van der Waals surface area contributed by atoms with Crippen molar-refractivity contribution >= 4 is 5.91 Å². The van der Waals surface area contributed by atoms with Gasteiger partial charge in [0.05, 0.1) is 13.0 Å². The van der Waals surface area contributed by atoms with Gasteiger partial charge in [-0.1, -0.05) is 39.0 Å². The average Bonchev–Trinajstić information content (AvgIpc) is 2.31. The summed E-state index contributed by atoms with van der Waals surface area (Å²) in [5.41, 5.74) is 3.63. The van der Waals surface area contributed by atoms with E-state index in [2.05, 4.69) is 44.3 Å². The van der Waals surface area contributed by atoms with Crippen LogP contribution in [0.15, 0.2) is 18.2 Å². The van der Waals surface area contributed by atoms with E-state index >= 15 is 0 Å². The molecule has 0 aromatic heterocycles. The van der Waals surface area contributed by atoms with Crippen molar-refractivity contribution in [1.29, 1.82) is 0 Å². The lowest BCUT2D eigenvalue weighted by Gasteiger charge is -2.20. The van der Waals surface area contributed by atoms with Crippen LogP contribution >= 0.6 is 0 Å². The molecule has 0 aliphatic rings. The summed E-state index contributed by atoms with van der Waals surface area (Å²) in [5.74, 6) is 0.0474. The number of nitrogens with one attached hydrogen (secondary N) is 1. The van der Waals surface area contributed by atoms with Gasteiger partial charge >= 0.3 is 0 Å². The fourth-order valence-electron chi connectivity index (χ4n) is 1.86. The van der Waals surface area contributed by atoms with Gasteiger partial charge in [-0.05, 0) is 29.0 Å². The second kappa shape index (κ2) is 6.71. The van der Waals surface area contributed by atoms with Crippen molar-refractivity contribution in [3.63, 3.8) is 0 Å². The predicted octanol–water partition coefficient (Wildman–Crippen LogP) is 2.60. The number of rotatable bonds is 5. The number of hydrogen-bond donors (Lipinski definition) is 1. The standard InChI is InChI=1S/C16H25NO2/c1-12-6-7-14(16(2,3)4)10-13(12)11-15(18)17-8-9-19-5/h6-7,10H,8-9,11H2,1-5H3,(H,17,18). The van der Waals surface area contributed by atoms with E-state index in [9.17, 15) is 4.79 Å². The molecule has 1 N–H and O–H groups in total. The topological polar surface area (TPSA) is 38.3 Å². The lowest BCUT2D eigenvalue weighted by atomic mass is 9.85. The minimum Gasteiger partial charge on any atom is -0.383 e. The molecule has 0 spiro atoms. The molecule has 0 heterocycles. The molecule has 1 rings (SSSR count). The molecule has 1 aromatic rings. The maximum atomic E-state index is 11.8. The molecule has 1 amide bonds. The van der Waals surface area contributed by atoms with Crippen molar-refractivity contribution in [2.24, 2.45) is 0 Å². The highest BCUT2D eigenvalue weighted by atomic mass is 16.5. The van der Waals surface area contributed by atoms with Crippen molar-refractivity contribution in [3.05, 3.63) is 34.9 Å². The smallest absolute Gasteiger partial charge is 0.224 e. The van der Waals surface area contributed by atoms with Gasteiger partial charge in [0.25, 0.3) is 0 Å². The molecular weight excluding hydrogens is 238 g/mol. The number of carbonyl (C=O) groups excluding carboxylic acids is 1. The molecule has 3 heteroatoms. The van der Waals surface area contributed by atoms with Gasteiger partial charge in [-0.3, -0.25) is 4.79 Å². The van der Waals surface area contributed by atoms with Gasteiger partial charge in [0.15, 0.2) is 0 Å². The van der Waals surface area contributed by atoms with Crippen molar-refractivity contribution in [2.45, 2.75) is 39.5 Å². The highest BCUT2D eigenvalue weighted by Gasteiger charge is 2.15. The Labute approximate surface area is 116 Å². The molecule has 0 saturated carbocycles. The van der Waals surface area contributed by atoms with Crippen molar-refractivity contribution in [2.75, 3.05) is 20.3 Å². The molecule has 1 aromatic carbocycles. The van der Waals surface area contributed by atoms with Crippen LogP contribution in [0.25, 0.3) is 0 Å². The maximum Gasteiger partial charge on any atom is 0.224 e. The zero-order valence-electron chi connectivity index (χ0n) is 12.7. The van der Waals surface area contributed by atoms with Crippen LogP contribution < -0.4 is 5.32 Å². The summed E-state index contributed by atoms with van der Waals surface area (Å²) in [6.07, 6.45) is 0.430. The average molecular weight is 263 g/mol. The van der Waals surface area contributed by atoms with Crippen LogP contribution in [-0.2, 0) is 21.4 Å². The molecular formula is C16H25NO2. The number of benzene rings is 1. The molecule has 0 bridgehead atoms. The first kappa shape index (κ1) is 15.7. The van der Waals surface area contributed by atoms with Crippen LogP contribution in [0.5, 0.6) is 0 Å². The van der Waals surface area contributed by atoms with Crippen molar-refractivity contribution in [1.82, 2.24) is 5.32 Å². The van der Waals surface area contributed by atoms with Gasteiger partial charge in [-0.2, -0.15) is 0 Å². The third kappa shape index (κ3) is 5.03. The monoisotopic (exact) mass is 263 g/mol. The molecule has 0 radical (unpaired) electrons. The summed E-state index contributed by atoms with van der Waals surface area (Å²) < 4.78 is 4.92. The maximum absolute atomic E-state index is 11.8. The first-order valence-electron chi connectivity index (χ1n) is 6.70. The predicted molar refractivity (Wildman–Crippen MR) is 78.5 cm³/mol. The molecule has 19 heavy (non-hydrogen) atoms. The molecule has 0 unspecified atom stereocenters. The van der Waals surface area contributed by atoms with Gasteiger partial charge in [0.1, 0.15) is 0 Å². The Morgan fingerprint density at radius 1 is 1.32 bits per heavy atom. The van der Waals surface area contributed by atoms with Crippen LogP contribution in [0.3, 0.4) is 0 Å². The Morgan fingerprint density at radius 2 is 2.00 bits per heavy atom. The van der Waals surface area contributed by atoms with Crippen LogP contribution in [0, 0.1) is 6.92 Å². The first-order chi connectivity index (χ1) is 8.84. The summed E-state index contributed by atoms with van der Waals surface area (Å²) in [4.78, 5) is 11.8. The largest absolute Gasteiger partial charge is 0.383 e. The Hall–Kier alpha value is -1.35. The van der Waals surface area contributed by atoms with Crippen LogP contribution in [0.2, 0.25) is 0 Å². The number of amides is 1. The fourth-order valence-corrected chi connectivity index (χ4v) is 1.86. The molecule has 0 saturated heterocycles. The third-order valence-corrected chi connectivity index (χ3v) is 3.19. The van der Waals surface area contributed by atoms with E-state index in [-0.39, 0.29) is 11.3 Å². The highest BCUT2D eigenvalue weighted by molar-refractivity contribution is 5.79.